The minimum absolute atomic E-state index is 0.0333. The van der Waals surface area contributed by atoms with Crippen molar-refractivity contribution in [3.05, 3.63) is 89.0 Å². The molecule has 1 fully saturated rings. The number of rotatable bonds is 7. The summed E-state index contributed by atoms with van der Waals surface area (Å²) in [5, 5.41) is 3.11. The highest BCUT2D eigenvalue weighted by molar-refractivity contribution is 6.07. The van der Waals surface area contributed by atoms with Gasteiger partial charge in [-0.15, -0.1) is 0 Å². The number of piperidine rings is 1. The van der Waals surface area contributed by atoms with Gasteiger partial charge in [-0.25, -0.2) is 0 Å². The Balaban J connectivity index is 1.25. The summed E-state index contributed by atoms with van der Waals surface area (Å²) in [6.45, 7) is 6.07. The smallest absolute Gasteiger partial charge is 0.251 e. The van der Waals surface area contributed by atoms with Crippen LogP contribution in [0, 0.1) is 6.92 Å². The Labute approximate surface area is 215 Å². The van der Waals surface area contributed by atoms with Gasteiger partial charge in [0, 0.05) is 23.9 Å². The van der Waals surface area contributed by atoms with Crippen LogP contribution in [0.5, 0.6) is 5.75 Å². The van der Waals surface area contributed by atoms with Crippen molar-refractivity contribution in [1.82, 2.24) is 4.90 Å². The lowest BCUT2D eigenvalue weighted by Crippen LogP contribution is -2.33. The Morgan fingerprint density at radius 1 is 0.889 bits per heavy atom. The van der Waals surface area contributed by atoms with Crippen molar-refractivity contribution in [2.24, 2.45) is 0 Å². The van der Waals surface area contributed by atoms with Gasteiger partial charge < -0.3 is 10.1 Å². The summed E-state index contributed by atoms with van der Waals surface area (Å²) in [5.74, 6) is 0.766. The summed E-state index contributed by atoms with van der Waals surface area (Å²) in [6, 6.07) is 23.0. The third-order valence-corrected chi connectivity index (χ3v) is 7.26. The fraction of sp³-hybridized carbons (Fsp3) is 0.344. The van der Waals surface area contributed by atoms with E-state index in [0.29, 0.717) is 6.61 Å². The summed E-state index contributed by atoms with van der Waals surface area (Å²) in [5.41, 5.74) is 7.68. The van der Waals surface area contributed by atoms with Crippen molar-refractivity contribution >= 4 is 17.7 Å². The second-order valence-electron chi connectivity index (χ2n) is 10.0. The number of carbonyl (C=O) groups excluding carboxylic acids is 1. The molecule has 0 unspecified atom stereocenters. The first kappa shape index (κ1) is 24.3. The van der Waals surface area contributed by atoms with Gasteiger partial charge in [0.15, 0.2) is 0 Å². The quantitative estimate of drug-likeness (QED) is 0.401. The molecular weight excluding hydrogens is 444 g/mol. The summed E-state index contributed by atoms with van der Waals surface area (Å²) in [4.78, 5) is 15.7. The molecule has 2 aliphatic rings. The molecule has 1 N–H and O–H groups in total. The molecule has 3 aromatic rings. The third-order valence-electron chi connectivity index (χ3n) is 7.26. The van der Waals surface area contributed by atoms with Gasteiger partial charge in [-0.3, -0.25) is 9.69 Å². The molecule has 186 valence electrons. The predicted molar refractivity (Wildman–Crippen MR) is 148 cm³/mol. The summed E-state index contributed by atoms with van der Waals surface area (Å²) in [7, 11) is 0. The number of likely N-dealkylation sites (tertiary alicyclic amines) is 1. The number of amides is 1. The van der Waals surface area contributed by atoms with Gasteiger partial charge in [-0.2, -0.15) is 0 Å². The standard InChI is InChI=1S/C32H36N2O2/c1-24-11-13-26(14-12-24)27-16-15-25-7-5-8-28(22-29(25)21-27)32(35)33-30-9-6-10-31(23-30)36-20-19-34-17-3-2-4-18-34/h6,9-16,21-23H,2-5,7-8,17-20H2,1H3,(H,33,35). The minimum atomic E-state index is -0.0333. The largest absolute Gasteiger partial charge is 0.492 e. The van der Waals surface area contributed by atoms with Crippen LogP contribution in [-0.2, 0) is 11.2 Å². The number of hydrogen-bond donors (Lipinski definition) is 1. The number of carbonyl (C=O) groups is 1. The van der Waals surface area contributed by atoms with E-state index in [1.54, 1.807) is 0 Å². The van der Waals surface area contributed by atoms with Crippen LogP contribution >= 0.6 is 0 Å². The fourth-order valence-corrected chi connectivity index (χ4v) is 5.14. The third kappa shape index (κ3) is 6.24. The summed E-state index contributed by atoms with van der Waals surface area (Å²) < 4.78 is 6.00. The molecule has 1 aliphatic carbocycles. The molecule has 1 amide bonds. The van der Waals surface area contributed by atoms with Crippen molar-refractivity contribution < 1.29 is 9.53 Å². The van der Waals surface area contributed by atoms with Crippen molar-refractivity contribution in [1.29, 1.82) is 0 Å². The van der Waals surface area contributed by atoms with E-state index >= 15 is 0 Å². The van der Waals surface area contributed by atoms with Gasteiger partial charge in [-0.1, -0.05) is 54.4 Å². The van der Waals surface area contributed by atoms with E-state index < -0.39 is 0 Å². The Morgan fingerprint density at radius 3 is 2.53 bits per heavy atom. The van der Waals surface area contributed by atoms with Gasteiger partial charge in [0.05, 0.1) is 0 Å². The highest BCUT2D eigenvalue weighted by atomic mass is 16.5. The maximum absolute atomic E-state index is 13.2. The number of nitrogens with zero attached hydrogens (tertiary/aromatic N) is 1. The Morgan fingerprint density at radius 2 is 1.69 bits per heavy atom. The van der Waals surface area contributed by atoms with Gasteiger partial charge in [0.2, 0.25) is 0 Å². The summed E-state index contributed by atoms with van der Waals surface area (Å²) >= 11 is 0. The number of anilines is 1. The molecule has 0 bridgehead atoms. The highest BCUT2D eigenvalue weighted by Crippen LogP contribution is 2.29. The van der Waals surface area contributed by atoms with Crippen LogP contribution in [0.2, 0.25) is 0 Å². The van der Waals surface area contributed by atoms with E-state index in [2.05, 4.69) is 65.7 Å². The highest BCUT2D eigenvalue weighted by Gasteiger charge is 2.16. The number of ether oxygens (including phenoxy) is 1. The lowest BCUT2D eigenvalue weighted by atomic mass is 9.97. The molecule has 4 heteroatoms. The molecule has 0 saturated carbocycles. The topological polar surface area (TPSA) is 41.6 Å². The Hall–Kier alpha value is -3.37. The minimum Gasteiger partial charge on any atom is -0.492 e. The molecule has 0 spiro atoms. The van der Waals surface area contributed by atoms with Crippen molar-refractivity contribution in [3.8, 4) is 16.9 Å². The van der Waals surface area contributed by atoms with Gasteiger partial charge >= 0.3 is 0 Å². The van der Waals surface area contributed by atoms with Crippen LogP contribution in [0.25, 0.3) is 17.2 Å². The molecule has 0 aromatic heterocycles. The SMILES string of the molecule is Cc1ccc(-c2ccc3c(c2)C=C(C(=O)Nc2cccc(OCCN4CCCCC4)c2)CCC3)cc1. The van der Waals surface area contributed by atoms with Crippen molar-refractivity contribution in [3.63, 3.8) is 0 Å². The van der Waals surface area contributed by atoms with Crippen molar-refractivity contribution in [2.75, 3.05) is 31.6 Å². The molecule has 0 atom stereocenters. The van der Waals surface area contributed by atoms with E-state index in [9.17, 15) is 4.79 Å². The number of benzene rings is 3. The number of hydrogen-bond acceptors (Lipinski definition) is 3. The van der Waals surface area contributed by atoms with Gasteiger partial charge in [-0.05, 0) is 98.6 Å². The maximum Gasteiger partial charge on any atom is 0.251 e. The van der Waals surface area contributed by atoms with E-state index in [0.717, 1.165) is 48.4 Å². The lowest BCUT2D eigenvalue weighted by molar-refractivity contribution is -0.112. The Bertz CT molecular complexity index is 1220. The molecule has 36 heavy (non-hydrogen) atoms. The van der Waals surface area contributed by atoms with Crippen LogP contribution < -0.4 is 10.1 Å². The van der Waals surface area contributed by atoms with E-state index in [1.807, 2.05) is 24.3 Å². The first-order valence-electron chi connectivity index (χ1n) is 13.3. The van der Waals surface area contributed by atoms with Crippen molar-refractivity contribution in [2.45, 2.75) is 45.4 Å². The van der Waals surface area contributed by atoms with Gasteiger partial charge in [0.1, 0.15) is 12.4 Å². The molecule has 3 aromatic carbocycles. The van der Waals surface area contributed by atoms with Gasteiger partial charge in [0.25, 0.3) is 5.91 Å². The van der Waals surface area contributed by atoms with Crippen LogP contribution in [0.4, 0.5) is 5.69 Å². The van der Waals surface area contributed by atoms with Crippen LogP contribution in [0.3, 0.4) is 0 Å². The zero-order valence-electron chi connectivity index (χ0n) is 21.3. The second-order valence-corrected chi connectivity index (χ2v) is 10.0. The number of aryl methyl sites for hydroxylation is 2. The fourth-order valence-electron chi connectivity index (χ4n) is 5.14. The molecule has 4 nitrogen and oxygen atoms in total. The van der Waals surface area contributed by atoms with Crippen LogP contribution in [-0.4, -0.2) is 37.0 Å². The van der Waals surface area contributed by atoms with Crippen LogP contribution in [0.15, 0.2) is 72.3 Å². The maximum atomic E-state index is 13.2. The molecule has 5 rings (SSSR count). The average Bonchev–Trinajstić information content (AvgIpc) is 3.12. The molecule has 1 heterocycles. The first-order chi connectivity index (χ1) is 17.6. The monoisotopic (exact) mass is 480 g/mol. The first-order valence-corrected chi connectivity index (χ1v) is 13.3. The lowest BCUT2D eigenvalue weighted by Gasteiger charge is -2.26. The predicted octanol–water partition coefficient (Wildman–Crippen LogP) is 6.89. The van der Waals surface area contributed by atoms with E-state index in [4.69, 9.17) is 4.74 Å². The molecule has 1 saturated heterocycles. The number of fused-ring (bicyclic) bond motifs is 1. The van der Waals surface area contributed by atoms with E-state index in [-0.39, 0.29) is 5.91 Å². The summed E-state index contributed by atoms with van der Waals surface area (Å²) in [6.07, 6.45) is 8.72. The molecular formula is C32H36N2O2. The zero-order valence-corrected chi connectivity index (χ0v) is 21.3. The second kappa shape index (κ2) is 11.6. The molecule has 0 radical (unpaired) electrons. The normalized spacial score (nSPS) is 16.0. The number of nitrogens with one attached hydrogen (secondary N) is 1. The zero-order chi connectivity index (χ0) is 24.7. The van der Waals surface area contributed by atoms with Crippen LogP contribution in [0.1, 0.15) is 48.8 Å². The average molecular weight is 481 g/mol. The molecule has 1 aliphatic heterocycles. The Kier molecular flexibility index (Phi) is 7.82. The van der Waals surface area contributed by atoms with E-state index in [1.165, 1.54) is 54.6 Å².